The molecule has 0 fully saturated rings. The molecule has 2 amide bonds. The van der Waals surface area contributed by atoms with E-state index in [9.17, 15) is 9.59 Å². The molecule has 0 saturated heterocycles. The van der Waals surface area contributed by atoms with Crippen molar-refractivity contribution in [3.63, 3.8) is 0 Å². The summed E-state index contributed by atoms with van der Waals surface area (Å²) in [6.45, 7) is 5.65. The Labute approximate surface area is 174 Å². The molecule has 3 rings (SSSR count). The van der Waals surface area contributed by atoms with Crippen molar-refractivity contribution in [3.05, 3.63) is 65.2 Å². The number of fused-ring (bicyclic) bond motifs is 1. The average molecular weight is 393 g/mol. The van der Waals surface area contributed by atoms with Crippen molar-refractivity contribution < 1.29 is 9.59 Å². The van der Waals surface area contributed by atoms with E-state index in [4.69, 9.17) is 0 Å². The fraction of sp³-hybridized carbons (Fsp3) is 0.440. The number of aryl methyl sites for hydroxylation is 1. The second-order valence-electron chi connectivity index (χ2n) is 8.01. The lowest BCUT2D eigenvalue weighted by atomic mass is 10.1. The number of anilines is 1. The summed E-state index contributed by atoms with van der Waals surface area (Å²) in [5.74, 6) is 0.118. The second kappa shape index (κ2) is 10.2. The van der Waals surface area contributed by atoms with Crippen LogP contribution in [-0.4, -0.2) is 29.8 Å². The van der Waals surface area contributed by atoms with Gasteiger partial charge in [0.05, 0.1) is 0 Å². The summed E-state index contributed by atoms with van der Waals surface area (Å²) in [7, 11) is 0. The van der Waals surface area contributed by atoms with Crippen LogP contribution in [-0.2, 0) is 11.3 Å². The molecule has 29 heavy (non-hydrogen) atoms. The molecule has 4 nitrogen and oxygen atoms in total. The smallest absolute Gasteiger partial charge is 0.254 e. The van der Waals surface area contributed by atoms with Crippen LogP contribution in [0.3, 0.4) is 0 Å². The number of rotatable bonds is 1. The molecule has 1 aliphatic heterocycles. The largest absolute Gasteiger partial charge is 0.334 e. The molecule has 0 aliphatic carbocycles. The number of carbonyl (C=O) groups is 2. The van der Waals surface area contributed by atoms with Crippen LogP contribution >= 0.6 is 0 Å². The number of hydrogen-bond donors (Lipinski definition) is 0. The maximum atomic E-state index is 13.3. The Bertz CT molecular complexity index is 829. The third-order valence-corrected chi connectivity index (χ3v) is 5.67. The molecular weight excluding hydrogens is 360 g/mol. The van der Waals surface area contributed by atoms with Crippen molar-refractivity contribution in [1.82, 2.24) is 4.90 Å². The highest BCUT2D eigenvalue weighted by molar-refractivity contribution is 5.95. The van der Waals surface area contributed by atoms with Crippen molar-refractivity contribution >= 4 is 17.5 Å². The molecule has 0 unspecified atom stereocenters. The number of benzene rings is 2. The first-order valence-electron chi connectivity index (χ1n) is 10.8. The van der Waals surface area contributed by atoms with E-state index >= 15 is 0 Å². The number of hydrogen-bond acceptors (Lipinski definition) is 2. The first-order chi connectivity index (χ1) is 14.1. The first kappa shape index (κ1) is 21.1. The van der Waals surface area contributed by atoms with Crippen LogP contribution in [0.15, 0.2) is 48.5 Å². The van der Waals surface area contributed by atoms with E-state index in [1.54, 1.807) is 6.92 Å². The van der Waals surface area contributed by atoms with Gasteiger partial charge in [-0.1, -0.05) is 61.6 Å². The van der Waals surface area contributed by atoms with E-state index < -0.39 is 0 Å². The summed E-state index contributed by atoms with van der Waals surface area (Å²) in [4.78, 5) is 29.4. The Hall–Kier alpha value is -2.62. The Morgan fingerprint density at radius 2 is 1.41 bits per heavy atom. The second-order valence-corrected chi connectivity index (χ2v) is 8.01. The van der Waals surface area contributed by atoms with E-state index in [1.165, 1.54) is 12.8 Å². The maximum Gasteiger partial charge on any atom is 0.254 e. The number of nitrogens with zero attached hydrogens (tertiary/aromatic N) is 2. The molecule has 0 atom stereocenters. The van der Waals surface area contributed by atoms with Crippen LogP contribution in [0.4, 0.5) is 5.69 Å². The highest BCUT2D eigenvalue weighted by atomic mass is 16.2. The molecule has 1 aliphatic rings. The topological polar surface area (TPSA) is 40.6 Å². The minimum atomic E-state index is 0.0590. The van der Waals surface area contributed by atoms with Crippen molar-refractivity contribution in [3.8, 4) is 0 Å². The summed E-state index contributed by atoms with van der Waals surface area (Å²) in [6.07, 6.45) is 6.66. The highest BCUT2D eigenvalue weighted by Crippen LogP contribution is 2.25. The SMILES string of the molecule is CC(=O)N1CCCCCCCCN(C(=O)c2ccc(C)cc2)Cc2ccccc21. The van der Waals surface area contributed by atoms with Gasteiger partial charge < -0.3 is 9.80 Å². The molecule has 0 saturated carbocycles. The molecule has 0 radical (unpaired) electrons. The van der Waals surface area contributed by atoms with Gasteiger partial charge in [0.2, 0.25) is 5.91 Å². The maximum absolute atomic E-state index is 13.3. The molecule has 1 heterocycles. The molecule has 2 aromatic carbocycles. The van der Waals surface area contributed by atoms with Crippen molar-refractivity contribution in [2.45, 2.75) is 58.9 Å². The molecule has 154 valence electrons. The van der Waals surface area contributed by atoms with Crippen molar-refractivity contribution in [1.29, 1.82) is 0 Å². The van der Waals surface area contributed by atoms with Gasteiger partial charge in [-0.05, 0) is 43.5 Å². The Morgan fingerprint density at radius 3 is 2.10 bits per heavy atom. The summed E-state index contributed by atoms with van der Waals surface area (Å²) < 4.78 is 0. The molecular formula is C25H32N2O2. The van der Waals surface area contributed by atoms with Gasteiger partial charge in [0.25, 0.3) is 5.91 Å². The summed E-state index contributed by atoms with van der Waals surface area (Å²) >= 11 is 0. The predicted molar refractivity (Wildman–Crippen MR) is 118 cm³/mol. The van der Waals surface area contributed by atoms with E-state index in [2.05, 4.69) is 0 Å². The van der Waals surface area contributed by atoms with Gasteiger partial charge in [-0.15, -0.1) is 0 Å². The molecule has 0 spiro atoms. The summed E-state index contributed by atoms with van der Waals surface area (Å²) in [6, 6.07) is 15.8. The van der Waals surface area contributed by atoms with Gasteiger partial charge in [-0.3, -0.25) is 9.59 Å². The van der Waals surface area contributed by atoms with Crippen LogP contribution in [0.2, 0.25) is 0 Å². The van der Waals surface area contributed by atoms with Gasteiger partial charge in [-0.25, -0.2) is 0 Å². The predicted octanol–water partition coefficient (Wildman–Crippen LogP) is 5.34. The lowest BCUT2D eigenvalue weighted by Gasteiger charge is -2.28. The quantitative estimate of drug-likeness (QED) is 0.657. The average Bonchev–Trinajstić information content (AvgIpc) is 2.73. The Balaban J connectivity index is 1.92. The first-order valence-corrected chi connectivity index (χ1v) is 10.8. The van der Waals surface area contributed by atoms with Crippen molar-refractivity contribution in [2.24, 2.45) is 0 Å². The fourth-order valence-corrected chi connectivity index (χ4v) is 3.97. The van der Waals surface area contributed by atoms with E-state index in [-0.39, 0.29) is 11.8 Å². The Kier molecular flexibility index (Phi) is 7.45. The zero-order valence-corrected chi connectivity index (χ0v) is 17.7. The Morgan fingerprint density at radius 1 is 0.793 bits per heavy atom. The molecule has 2 aromatic rings. The van der Waals surface area contributed by atoms with Crippen molar-refractivity contribution in [2.75, 3.05) is 18.0 Å². The van der Waals surface area contributed by atoms with Crippen LogP contribution in [0.5, 0.6) is 0 Å². The molecule has 4 heteroatoms. The van der Waals surface area contributed by atoms with Crippen LogP contribution in [0.1, 0.15) is 66.9 Å². The third kappa shape index (κ3) is 5.69. The lowest BCUT2D eigenvalue weighted by Crippen LogP contribution is -2.34. The van der Waals surface area contributed by atoms with Crippen LogP contribution in [0.25, 0.3) is 0 Å². The zero-order chi connectivity index (χ0) is 20.6. The molecule has 0 N–H and O–H groups in total. The lowest BCUT2D eigenvalue weighted by molar-refractivity contribution is -0.116. The van der Waals surface area contributed by atoms with Crippen LogP contribution in [0, 0.1) is 6.92 Å². The minimum absolute atomic E-state index is 0.0590. The summed E-state index contributed by atoms with van der Waals surface area (Å²) in [5, 5.41) is 0. The number of amides is 2. The normalized spacial score (nSPS) is 16.2. The van der Waals surface area contributed by atoms with Gasteiger partial charge in [-0.2, -0.15) is 0 Å². The number of carbonyl (C=O) groups excluding carboxylic acids is 2. The third-order valence-electron chi connectivity index (χ3n) is 5.67. The van der Waals surface area contributed by atoms with E-state index in [0.29, 0.717) is 6.54 Å². The minimum Gasteiger partial charge on any atom is -0.334 e. The van der Waals surface area contributed by atoms with Gasteiger partial charge in [0.15, 0.2) is 0 Å². The fourth-order valence-electron chi connectivity index (χ4n) is 3.97. The summed E-state index contributed by atoms with van der Waals surface area (Å²) in [5.41, 5.74) is 3.83. The zero-order valence-electron chi connectivity index (χ0n) is 17.7. The molecule has 0 aromatic heterocycles. The van der Waals surface area contributed by atoms with Gasteiger partial charge in [0.1, 0.15) is 0 Å². The monoisotopic (exact) mass is 392 g/mol. The number of para-hydroxylation sites is 1. The highest BCUT2D eigenvalue weighted by Gasteiger charge is 2.20. The molecule has 0 bridgehead atoms. The van der Waals surface area contributed by atoms with Gasteiger partial charge in [0, 0.05) is 37.8 Å². The standard InChI is InChI=1S/C25H32N2O2/c1-20-13-15-22(16-14-20)25(29)26-17-9-5-3-4-6-10-18-27(21(2)28)24-12-8-7-11-23(24)19-26/h7-8,11-16H,3-6,9-10,17-19H2,1-2H3. The van der Waals surface area contributed by atoms with E-state index in [1.807, 2.05) is 65.3 Å². The van der Waals surface area contributed by atoms with E-state index in [0.717, 1.165) is 61.2 Å². The van der Waals surface area contributed by atoms with Crippen LogP contribution < -0.4 is 4.90 Å². The van der Waals surface area contributed by atoms with Gasteiger partial charge >= 0.3 is 0 Å².